The summed E-state index contributed by atoms with van der Waals surface area (Å²) >= 11 is 5.38. The number of thiocarbonyl (C=S) groups is 1. The fourth-order valence-electron chi connectivity index (χ4n) is 3.70. The Morgan fingerprint density at radius 3 is 2.73 bits per heavy atom. The molecule has 2 fully saturated rings. The summed E-state index contributed by atoms with van der Waals surface area (Å²) in [7, 11) is 1.65. The molecule has 2 saturated carbocycles. The van der Waals surface area contributed by atoms with Crippen molar-refractivity contribution in [3.63, 3.8) is 0 Å². The van der Waals surface area contributed by atoms with Gasteiger partial charge >= 0.3 is 0 Å². The first-order chi connectivity index (χ1) is 10.8. The van der Waals surface area contributed by atoms with Crippen molar-refractivity contribution in [3.05, 3.63) is 24.3 Å². The van der Waals surface area contributed by atoms with Gasteiger partial charge in [-0.25, -0.2) is 0 Å². The lowest BCUT2D eigenvalue weighted by molar-refractivity contribution is 0.297. The molecule has 3 atom stereocenters. The van der Waals surface area contributed by atoms with Crippen molar-refractivity contribution in [1.82, 2.24) is 10.6 Å². The van der Waals surface area contributed by atoms with Crippen molar-refractivity contribution >= 4 is 17.3 Å². The second kappa shape index (κ2) is 7.18. The zero-order valence-electron chi connectivity index (χ0n) is 13.0. The Balaban J connectivity index is 1.35. The van der Waals surface area contributed by atoms with E-state index in [4.69, 9.17) is 21.7 Å². The number of ether oxygens (including phenoxy) is 2. The minimum atomic E-state index is 0.554. The first-order valence-corrected chi connectivity index (χ1v) is 8.47. The molecule has 0 amide bonds. The summed E-state index contributed by atoms with van der Waals surface area (Å²) in [6.07, 6.45) is 5.44. The minimum absolute atomic E-state index is 0.554. The van der Waals surface area contributed by atoms with Gasteiger partial charge in [-0.15, -0.1) is 0 Å². The van der Waals surface area contributed by atoms with Crippen molar-refractivity contribution in [2.45, 2.75) is 31.7 Å². The molecule has 0 aliphatic heterocycles. The molecule has 1 aromatic rings. The van der Waals surface area contributed by atoms with Gasteiger partial charge in [-0.2, -0.15) is 0 Å². The van der Waals surface area contributed by atoms with Crippen LogP contribution in [0.2, 0.25) is 0 Å². The lowest BCUT2D eigenvalue weighted by atomic mass is 9.96. The number of para-hydroxylation sites is 2. The first kappa shape index (κ1) is 15.4. The van der Waals surface area contributed by atoms with Crippen LogP contribution in [0.4, 0.5) is 0 Å². The average Bonchev–Trinajstić information content (AvgIpc) is 3.14. The van der Waals surface area contributed by atoms with E-state index >= 15 is 0 Å². The molecule has 5 heteroatoms. The lowest BCUT2D eigenvalue weighted by Gasteiger charge is -2.24. The van der Waals surface area contributed by atoms with Gasteiger partial charge in [0.15, 0.2) is 16.6 Å². The van der Waals surface area contributed by atoms with Crippen molar-refractivity contribution in [1.29, 1.82) is 0 Å². The number of hydrogen-bond donors (Lipinski definition) is 2. The molecule has 120 valence electrons. The average molecular weight is 320 g/mol. The Morgan fingerprint density at radius 2 is 2.05 bits per heavy atom. The van der Waals surface area contributed by atoms with Gasteiger partial charge in [0.25, 0.3) is 0 Å². The van der Waals surface area contributed by atoms with Crippen LogP contribution in [0.1, 0.15) is 25.7 Å². The molecule has 4 nitrogen and oxygen atoms in total. The molecular formula is C17H24N2O2S. The van der Waals surface area contributed by atoms with Crippen molar-refractivity contribution in [2.75, 3.05) is 20.3 Å². The number of fused-ring (bicyclic) bond motifs is 2. The van der Waals surface area contributed by atoms with Crippen LogP contribution in [0.15, 0.2) is 24.3 Å². The summed E-state index contributed by atoms with van der Waals surface area (Å²) in [6.45, 7) is 1.24. The van der Waals surface area contributed by atoms with E-state index < -0.39 is 0 Å². The van der Waals surface area contributed by atoms with Crippen molar-refractivity contribution in [3.8, 4) is 11.5 Å². The van der Waals surface area contributed by atoms with Gasteiger partial charge in [-0.05, 0) is 55.4 Å². The van der Waals surface area contributed by atoms with Crippen LogP contribution in [0.5, 0.6) is 11.5 Å². The highest BCUT2D eigenvalue weighted by atomic mass is 32.1. The standard InChI is InChI=1S/C17H24N2O2S/c1-20-15-4-2-3-5-16(15)21-9-8-18-17(22)19-14-11-12-6-7-13(14)10-12/h2-5,12-14H,6-11H2,1H3,(H2,18,19,22)/t12-,13+,14+/m0/s1. The molecule has 2 aliphatic carbocycles. The second-order valence-electron chi connectivity index (χ2n) is 6.18. The van der Waals surface area contributed by atoms with E-state index in [0.29, 0.717) is 19.2 Å². The van der Waals surface area contributed by atoms with E-state index in [1.54, 1.807) is 7.11 Å². The Bertz CT molecular complexity index is 523. The van der Waals surface area contributed by atoms with Crippen molar-refractivity contribution in [2.24, 2.45) is 11.8 Å². The topological polar surface area (TPSA) is 42.5 Å². The third-order valence-electron chi connectivity index (χ3n) is 4.77. The molecule has 0 radical (unpaired) electrons. The Labute approximate surface area is 137 Å². The maximum atomic E-state index is 5.72. The van der Waals surface area contributed by atoms with Crippen LogP contribution in [-0.2, 0) is 0 Å². The van der Waals surface area contributed by atoms with Crippen LogP contribution in [0, 0.1) is 11.8 Å². The predicted molar refractivity (Wildman–Crippen MR) is 91.5 cm³/mol. The maximum Gasteiger partial charge on any atom is 0.166 e. The third-order valence-corrected chi connectivity index (χ3v) is 5.03. The maximum absolute atomic E-state index is 5.72. The van der Waals surface area contributed by atoms with Crippen LogP contribution >= 0.6 is 12.2 Å². The van der Waals surface area contributed by atoms with E-state index in [2.05, 4.69) is 10.6 Å². The summed E-state index contributed by atoms with van der Waals surface area (Å²) in [6, 6.07) is 8.24. The number of methoxy groups -OCH3 is 1. The van der Waals surface area contributed by atoms with Crippen LogP contribution in [0.25, 0.3) is 0 Å². The largest absolute Gasteiger partial charge is 0.493 e. The molecule has 2 N–H and O–H groups in total. The predicted octanol–water partition coefficient (Wildman–Crippen LogP) is 2.73. The zero-order valence-corrected chi connectivity index (χ0v) is 13.8. The lowest BCUT2D eigenvalue weighted by Crippen LogP contribution is -2.45. The summed E-state index contributed by atoms with van der Waals surface area (Å²) in [5.41, 5.74) is 0. The number of nitrogens with one attached hydrogen (secondary N) is 2. The highest BCUT2D eigenvalue weighted by molar-refractivity contribution is 7.80. The monoisotopic (exact) mass is 320 g/mol. The van der Waals surface area contributed by atoms with Crippen molar-refractivity contribution < 1.29 is 9.47 Å². The highest BCUT2D eigenvalue weighted by Gasteiger charge is 2.39. The summed E-state index contributed by atoms with van der Waals surface area (Å²) in [5, 5.41) is 7.45. The molecule has 0 spiro atoms. The molecule has 2 bridgehead atoms. The SMILES string of the molecule is COc1ccccc1OCCNC(=S)N[C@@H]1C[C@H]2CC[C@@H]1C2. The fraction of sp³-hybridized carbons (Fsp3) is 0.588. The molecule has 0 saturated heterocycles. The molecule has 0 unspecified atom stereocenters. The quantitative estimate of drug-likeness (QED) is 0.623. The Morgan fingerprint density at radius 1 is 1.23 bits per heavy atom. The summed E-state index contributed by atoms with van der Waals surface area (Å²) < 4.78 is 11.0. The van der Waals surface area contributed by atoms with E-state index in [9.17, 15) is 0 Å². The normalized spacial score (nSPS) is 25.8. The van der Waals surface area contributed by atoms with Gasteiger partial charge in [-0.3, -0.25) is 0 Å². The van der Waals surface area contributed by atoms with Gasteiger partial charge in [0.05, 0.1) is 13.7 Å². The molecular weight excluding hydrogens is 296 g/mol. The molecule has 3 rings (SSSR count). The van der Waals surface area contributed by atoms with E-state index in [1.807, 2.05) is 24.3 Å². The van der Waals surface area contributed by atoms with Crippen LogP contribution in [0.3, 0.4) is 0 Å². The Hall–Kier alpha value is -1.49. The minimum Gasteiger partial charge on any atom is -0.493 e. The first-order valence-electron chi connectivity index (χ1n) is 8.06. The third kappa shape index (κ3) is 3.64. The van der Waals surface area contributed by atoms with E-state index in [-0.39, 0.29) is 0 Å². The second-order valence-corrected chi connectivity index (χ2v) is 6.59. The van der Waals surface area contributed by atoms with Crippen LogP contribution < -0.4 is 20.1 Å². The van der Waals surface area contributed by atoms with Gasteiger partial charge in [0.2, 0.25) is 0 Å². The van der Waals surface area contributed by atoms with Crippen LogP contribution in [-0.4, -0.2) is 31.4 Å². The summed E-state index contributed by atoms with van der Waals surface area (Å²) in [4.78, 5) is 0. The van der Waals surface area contributed by atoms with E-state index in [1.165, 1.54) is 25.7 Å². The van der Waals surface area contributed by atoms with Gasteiger partial charge in [-0.1, -0.05) is 18.6 Å². The molecule has 2 aliphatic rings. The molecule has 22 heavy (non-hydrogen) atoms. The highest BCUT2D eigenvalue weighted by Crippen LogP contribution is 2.44. The van der Waals surface area contributed by atoms with Gasteiger partial charge in [0.1, 0.15) is 6.61 Å². The van der Waals surface area contributed by atoms with Gasteiger partial charge < -0.3 is 20.1 Å². The van der Waals surface area contributed by atoms with Gasteiger partial charge in [0, 0.05) is 6.04 Å². The number of hydrogen-bond acceptors (Lipinski definition) is 3. The summed E-state index contributed by atoms with van der Waals surface area (Å²) in [5.74, 6) is 3.28. The molecule has 1 aromatic carbocycles. The number of benzene rings is 1. The number of rotatable bonds is 6. The fourth-order valence-corrected chi connectivity index (χ4v) is 3.96. The molecule has 0 heterocycles. The Kier molecular flexibility index (Phi) is 5.03. The zero-order chi connectivity index (χ0) is 15.4. The molecule has 0 aromatic heterocycles. The smallest absolute Gasteiger partial charge is 0.166 e. The van der Waals surface area contributed by atoms with E-state index in [0.717, 1.165) is 28.4 Å².